The second kappa shape index (κ2) is 6.80. The minimum Gasteiger partial charge on any atom is -0.466 e. The number of carbonyl (C=O) groups is 1. The highest BCUT2D eigenvalue weighted by Crippen LogP contribution is 2.22. The summed E-state index contributed by atoms with van der Waals surface area (Å²) in [6.07, 6.45) is 7.62. The molecule has 0 unspecified atom stereocenters. The van der Waals surface area contributed by atoms with Crippen LogP contribution in [0.4, 0.5) is 0 Å². The molecule has 0 N–H and O–H groups in total. The molecule has 2 rings (SSSR count). The van der Waals surface area contributed by atoms with Crippen LogP contribution in [0.5, 0.6) is 0 Å². The minimum atomic E-state index is -0.334. The number of hydrogen-bond donors (Lipinski definition) is 0. The van der Waals surface area contributed by atoms with Crippen molar-refractivity contribution >= 4 is 39.3 Å². The Morgan fingerprint density at radius 1 is 1.47 bits per heavy atom. The predicted molar refractivity (Wildman–Crippen MR) is 66.9 cm³/mol. The van der Waals surface area contributed by atoms with E-state index in [-0.39, 0.29) is 5.97 Å². The Balaban J connectivity index is 0.000000319. The second-order valence-electron chi connectivity index (χ2n) is 3.06. The van der Waals surface area contributed by atoms with E-state index in [1.165, 1.54) is 32.4 Å². The Labute approximate surface area is 102 Å². The van der Waals surface area contributed by atoms with Gasteiger partial charge >= 0.3 is 5.97 Å². The van der Waals surface area contributed by atoms with Crippen LogP contribution in [-0.4, -0.2) is 13.1 Å². The molecule has 1 aromatic heterocycles. The standard InChI is InChI=1S/C8H7BrO2S.C3H6/c1-11-8(10)5-3-6-2-4-7(9)12-6;1-2-3-1/h2-5H,1H3;1-3H2. The molecule has 1 aromatic rings. The molecule has 0 spiro atoms. The van der Waals surface area contributed by atoms with E-state index in [2.05, 4.69) is 20.7 Å². The normalized spacial score (nSPS) is 13.2. The van der Waals surface area contributed by atoms with Crippen molar-refractivity contribution in [2.24, 2.45) is 0 Å². The third-order valence-electron chi connectivity index (χ3n) is 1.53. The summed E-state index contributed by atoms with van der Waals surface area (Å²) in [6.45, 7) is 0. The van der Waals surface area contributed by atoms with E-state index in [9.17, 15) is 4.79 Å². The molecule has 0 amide bonds. The molecule has 15 heavy (non-hydrogen) atoms. The van der Waals surface area contributed by atoms with E-state index >= 15 is 0 Å². The zero-order valence-corrected chi connectivity index (χ0v) is 10.9. The monoisotopic (exact) mass is 288 g/mol. The molecule has 0 saturated heterocycles. The zero-order chi connectivity index (χ0) is 11.1. The first-order valence-corrected chi connectivity index (χ1v) is 6.34. The summed E-state index contributed by atoms with van der Waals surface area (Å²) in [5, 5.41) is 0. The van der Waals surface area contributed by atoms with Gasteiger partial charge in [0.1, 0.15) is 0 Å². The Kier molecular flexibility index (Phi) is 5.65. The summed E-state index contributed by atoms with van der Waals surface area (Å²) >= 11 is 4.89. The molecule has 1 fully saturated rings. The Bertz CT molecular complexity index is 339. The van der Waals surface area contributed by atoms with Gasteiger partial charge in [-0.2, -0.15) is 0 Å². The fourth-order valence-electron chi connectivity index (χ4n) is 0.636. The Hall–Kier alpha value is -0.610. The van der Waals surface area contributed by atoms with Gasteiger partial charge in [-0.1, -0.05) is 19.3 Å². The van der Waals surface area contributed by atoms with Crippen LogP contribution in [0.2, 0.25) is 0 Å². The van der Waals surface area contributed by atoms with Crippen molar-refractivity contribution < 1.29 is 9.53 Å². The van der Waals surface area contributed by atoms with Crippen LogP contribution in [-0.2, 0) is 9.53 Å². The van der Waals surface area contributed by atoms with Gasteiger partial charge in [0.2, 0.25) is 0 Å². The number of rotatable bonds is 2. The number of ether oxygens (including phenoxy) is 1. The average molecular weight is 289 g/mol. The highest BCUT2D eigenvalue weighted by Gasteiger charge is 1.95. The van der Waals surface area contributed by atoms with Crippen molar-refractivity contribution in [2.75, 3.05) is 7.11 Å². The first kappa shape index (κ1) is 12.5. The van der Waals surface area contributed by atoms with Crippen LogP contribution in [0, 0.1) is 0 Å². The molecule has 0 aromatic carbocycles. The van der Waals surface area contributed by atoms with Crippen molar-refractivity contribution in [3.05, 3.63) is 26.9 Å². The molecule has 1 aliphatic rings. The van der Waals surface area contributed by atoms with Gasteiger partial charge in [-0.05, 0) is 34.1 Å². The molecule has 0 bridgehead atoms. The first-order valence-electron chi connectivity index (χ1n) is 4.74. The number of hydrogen-bond acceptors (Lipinski definition) is 3. The minimum absolute atomic E-state index is 0.334. The van der Waals surface area contributed by atoms with Gasteiger partial charge in [0.25, 0.3) is 0 Å². The van der Waals surface area contributed by atoms with E-state index in [4.69, 9.17) is 0 Å². The molecule has 0 atom stereocenters. The fraction of sp³-hybridized carbons (Fsp3) is 0.364. The lowest BCUT2D eigenvalue weighted by molar-refractivity contribution is -0.134. The lowest BCUT2D eigenvalue weighted by Gasteiger charge is -1.87. The molecule has 1 saturated carbocycles. The zero-order valence-electron chi connectivity index (χ0n) is 8.53. The van der Waals surface area contributed by atoms with Gasteiger partial charge in [0.15, 0.2) is 0 Å². The summed E-state index contributed by atoms with van der Waals surface area (Å²) in [7, 11) is 1.36. The molecule has 0 radical (unpaired) electrons. The summed E-state index contributed by atoms with van der Waals surface area (Å²) < 4.78 is 5.49. The summed E-state index contributed by atoms with van der Waals surface area (Å²) in [6, 6.07) is 3.86. The van der Waals surface area contributed by atoms with Gasteiger partial charge in [-0.15, -0.1) is 11.3 Å². The SMILES string of the molecule is C1CC1.COC(=O)C=Cc1ccc(Br)s1. The lowest BCUT2D eigenvalue weighted by atomic mass is 10.4. The summed E-state index contributed by atoms with van der Waals surface area (Å²) in [4.78, 5) is 11.7. The van der Waals surface area contributed by atoms with Crippen LogP contribution in [0.3, 0.4) is 0 Å². The average Bonchev–Trinajstić information content (AvgIpc) is 3.05. The fourth-order valence-corrected chi connectivity index (χ4v) is 1.96. The van der Waals surface area contributed by atoms with E-state index in [0.717, 1.165) is 8.66 Å². The quantitative estimate of drug-likeness (QED) is 0.610. The second-order valence-corrected chi connectivity index (χ2v) is 5.55. The Morgan fingerprint density at radius 2 is 2.13 bits per heavy atom. The largest absolute Gasteiger partial charge is 0.466 e. The van der Waals surface area contributed by atoms with Crippen LogP contribution in [0.25, 0.3) is 6.08 Å². The lowest BCUT2D eigenvalue weighted by Crippen LogP contribution is -1.92. The molecule has 2 nitrogen and oxygen atoms in total. The topological polar surface area (TPSA) is 26.3 Å². The number of thiophene rings is 1. The van der Waals surface area contributed by atoms with E-state index in [1.54, 1.807) is 17.4 Å². The summed E-state index contributed by atoms with van der Waals surface area (Å²) in [5.74, 6) is -0.334. The Morgan fingerprint density at radius 3 is 2.53 bits per heavy atom. The molecule has 1 heterocycles. The maximum Gasteiger partial charge on any atom is 0.330 e. The molecule has 1 aliphatic carbocycles. The molecule has 4 heteroatoms. The third kappa shape index (κ3) is 6.47. The highest BCUT2D eigenvalue weighted by molar-refractivity contribution is 9.11. The highest BCUT2D eigenvalue weighted by atomic mass is 79.9. The van der Waals surface area contributed by atoms with E-state index in [0.29, 0.717) is 0 Å². The van der Waals surface area contributed by atoms with Crippen LogP contribution < -0.4 is 0 Å². The first-order chi connectivity index (χ1) is 7.22. The van der Waals surface area contributed by atoms with Crippen molar-refractivity contribution in [1.82, 2.24) is 0 Å². The van der Waals surface area contributed by atoms with Gasteiger partial charge in [-0.25, -0.2) is 4.79 Å². The van der Waals surface area contributed by atoms with E-state index < -0.39 is 0 Å². The van der Waals surface area contributed by atoms with Crippen molar-refractivity contribution in [3.8, 4) is 0 Å². The maximum atomic E-state index is 10.7. The van der Waals surface area contributed by atoms with Gasteiger partial charge in [0, 0.05) is 11.0 Å². The van der Waals surface area contributed by atoms with Crippen molar-refractivity contribution in [1.29, 1.82) is 0 Å². The molecule has 0 aliphatic heterocycles. The van der Waals surface area contributed by atoms with Crippen molar-refractivity contribution in [3.63, 3.8) is 0 Å². The van der Waals surface area contributed by atoms with E-state index in [1.807, 2.05) is 12.1 Å². The molecular weight excluding hydrogens is 276 g/mol. The van der Waals surface area contributed by atoms with Gasteiger partial charge < -0.3 is 4.74 Å². The molecular formula is C11H13BrO2S. The van der Waals surface area contributed by atoms with Gasteiger partial charge in [-0.3, -0.25) is 0 Å². The smallest absolute Gasteiger partial charge is 0.330 e. The van der Waals surface area contributed by atoms with Crippen molar-refractivity contribution in [2.45, 2.75) is 19.3 Å². The molecule has 82 valence electrons. The summed E-state index contributed by atoms with van der Waals surface area (Å²) in [5.41, 5.74) is 0. The number of carbonyl (C=O) groups excluding carboxylic acids is 1. The third-order valence-corrected chi connectivity index (χ3v) is 3.12. The van der Waals surface area contributed by atoms with Gasteiger partial charge in [0.05, 0.1) is 10.9 Å². The number of esters is 1. The number of methoxy groups -OCH3 is 1. The number of halogens is 1. The maximum absolute atomic E-state index is 10.7. The van der Waals surface area contributed by atoms with Crippen LogP contribution >= 0.6 is 27.3 Å². The van der Waals surface area contributed by atoms with Crippen LogP contribution in [0.1, 0.15) is 24.1 Å². The predicted octanol–water partition coefficient (Wildman–Crippen LogP) is 3.87. The van der Waals surface area contributed by atoms with Crippen LogP contribution in [0.15, 0.2) is 22.0 Å².